The van der Waals surface area contributed by atoms with Crippen LogP contribution in [-0.2, 0) is 0 Å². The molecule has 1 fully saturated rings. The number of carboxylic acid groups (broad SMARTS) is 2. The lowest BCUT2D eigenvalue weighted by Gasteiger charge is -2.49. The van der Waals surface area contributed by atoms with Crippen molar-refractivity contribution < 1.29 is 19.8 Å². The second-order valence-corrected chi connectivity index (χ2v) is 6.67. The fraction of sp³-hybridized carbons (Fsp3) is 0.529. The summed E-state index contributed by atoms with van der Waals surface area (Å²) in [4.78, 5) is 24.9. The number of nitrogens with zero attached hydrogens (tertiary/aromatic N) is 1. The number of carbonyl (C=O) groups is 2. The van der Waals surface area contributed by atoms with Gasteiger partial charge in [-0.25, -0.2) is 9.59 Å². The van der Waals surface area contributed by atoms with E-state index in [0.717, 1.165) is 18.5 Å². The fourth-order valence-corrected chi connectivity index (χ4v) is 3.33. The van der Waals surface area contributed by atoms with Crippen LogP contribution in [0.15, 0.2) is 18.2 Å². The molecule has 120 valence electrons. The van der Waals surface area contributed by atoms with Crippen LogP contribution in [0, 0.1) is 5.92 Å². The first-order valence-corrected chi connectivity index (χ1v) is 7.48. The van der Waals surface area contributed by atoms with Crippen molar-refractivity contribution in [2.75, 3.05) is 13.6 Å². The second kappa shape index (κ2) is 5.72. The monoisotopic (exact) mass is 305 g/mol. The van der Waals surface area contributed by atoms with Gasteiger partial charge in [-0.15, -0.1) is 0 Å². The number of hydrogen-bond acceptors (Lipinski definition) is 3. The molecule has 0 bridgehead atoms. The zero-order valence-corrected chi connectivity index (χ0v) is 13.5. The number of benzene rings is 1. The van der Waals surface area contributed by atoms with E-state index in [4.69, 9.17) is 5.11 Å². The molecule has 2 rings (SSSR count). The van der Waals surface area contributed by atoms with E-state index < -0.39 is 11.9 Å². The van der Waals surface area contributed by atoms with E-state index in [1.807, 2.05) is 0 Å². The number of piperidine rings is 1. The van der Waals surface area contributed by atoms with E-state index in [1.54, 1.807) is 6.07 Å². The highest BCUT2D eigenvalue weighted by Crippen LogP contribution is 2.42. The van der Waals surface area contributed by atoms with Gasteiger partial charge >= 0.3 is 11.9 Å². The Morgan fingerprint density at radius 2 is 1.86 bits per heavy atom. The summed E-state index contributed by atoms with van der Waals surface area (Å²) in [6, 6.07) is 4.45. The number of carboxylic acids is 2. The molecular formula is C17H23NO4. The molecule has 0 amide bonds. The van der Waals surface area contributed by atoms with E-state index in [2.05, 4.69) is 32.7 Å². The molecule has 5 nitrogen and oxygen atoms in total. The third-order valence-corrected chi connectivity index (χ3v) is 5.41. The van der Waals surface area contributed by atoms with Crippen LogP contribution in [0.3, 0.4) is 0 Å². The summed E-state index contributed by atoms with van der Waals surface area (Å²) >= 11 is 0. The first-order chi connectivity index (χ1) is 10.2. The van der Waals surface area contributed by atoms with Gasteiger partial charge in [-0.2, -0.15) is 0 Å². The molecule has 5 heteroatoms. The van der Waals surface area contributed by atoms with Gasteiger partial charge in [0.25, 0.3) is 0 Å². The summed E-state index contributed by atoms with van der Waals surface area (Å²) in [5.41, 5.74) is 0.828. The third-order valence-electron chi connectivity index (χ3n) is 5.41. The molecular weight excluding hydrogens is 282 g/mol. The van der Waals surface area contributed by atoms with E-state index in [1.165, 1.54) is 12.1 Å². The van der Waals surface area contributed by atoms with Gasteiger partial charge in [0.2, 0.25) is 0 Å². The van der Waals surface area contributed by atoms with Crippen molar-refractivity contribution in [2.24, 2.45) is 5.92 Å². The minimum atomic E-state index is -1.11. The van der Waals surface area contributed by atoms with Crippen LogP contribution in [0.2, 0.25) is 0 Å². The molecule has 1 saturated heterocycles. The van der Waals surface area contributed by atoms with Gasteiger partial charge in [0.1, 0.15) is 0 Å². The molecule has 0 aromatic heterocycles. The number of likely N-dealkylation sites (tertiary alicyclic amines) is 1. The molecule has 2 atom stereocenters. The average Bonchev–Trinajstić information content (AvgIpc) is 2.45. The van der Waals surface area contributed by atoms with Crippen molar-refractivity contribution in [3.8, 4) is 0 Å². The standard InChI is InChI=1S/C17H23NO4/c1-10-12(7-8-18(4)17(10,2)3)13-6-5-11(15(19)20)9-14(13)16(21)22/h5-6,9-10,12H,7-8H2,1-4H3,(H,19,20)(H,21,22). The minimum absolute atomic E-state index is 0.0148. The van der Waals surface area contributed by atoms with Crippen LogP contribution in [-0.4, -0.2) is 46.2 Å². The molecule has 1 aliphatic heterocycles. The first-order valence-electron chi connectivity index (χ1n) is 7.48. The topological polar surface area (TPSA) is 77.8 Å². The molecule has 22 heavy (non-hydrogen) atoms. The predicted octanol–water partition coefficient (Wildman–Crippen LogP) is 2.92. The maximum atomic E-state index is 11.6. The maximum absolute atomic E-state index is 11.6. The molecule has 0 aliphatic carbocycles. The number of aromatic carboxylic acids is 2. The summed E-state index contributed by atoms with van der Waals surface area (Å²) in [7, 11) is 2.08. The first kappa shape index (κ1) is 16.5. The molecule has 2 N–H and O–H groups in total. The Hall–Kier alpha value is -1.88. The van der Waals surface area contributed by atoms with Gasteiger partial charge in [-0.3, -0.25) is 0 Å². The van der Waals surface area contributed by atoms with Crippen molar-refractivity contribution in [1.29, 1.82) is 0 Å². The van der Waals surface area contributed by atoms with Crippen molar-refractivity contribution >= 4 is 11.9 Å². The van der Waals surface area contributed by atoms with Crippen molar-refractivity contribution in [1.82, 2.24) is 4.90 Å². The molecule has 0 spiro atoms. The van der Waals surface area contributed by atoms with Crippen LogP contribution in [0.4, 0.5) is 0 Å². The van der Waals surface area contributed by atoms with Crippen molar-refractivity contribution in [3.05, 3.63) is 34.9 Å². The van der Waals surface area contributed by atoms with Crippen LogP contribution < -0.4 is 0 Å². The average molecular weight is 305 g/mol. The molecule has 1 heterocycles. The number of rotatable bonds is 3. The molecule has 2 unspecified atom stereocenters. The maximum Gasteiger partial charge on any atom is 0.335 e. The fourth-order valence-electron chi connectivity index (χ4n) is 3.33. The summed E-state index contributed by atoms with van der Waals surface area (Å²) in [6.45, 7) is 7.35. The Balaban J connectivity index is 2.48. The van der Waals surface area contributed by atoms with Crippen molar-refractivity contribution in [2.45, 2.75) is 38.6 Å². The van der Waals surface area contributed by atoms with Gasteiger partial charge in [0.15, 0.2) is 0 Å². The summed E-state index contributed by atoms with van der Waals surface area (Å²) in [6.07, 6.45) is 0.869. The second-order valence-electron chi connectivity index (χ2n) is 6.67. The Labute approximate surface area is 130 Å². The summed E-state index contributed by atoms with van der Waals surface area (Å²) < 4.78 is 0. The lowest BCUT2D eigenvalue weighted by Crippen LogP contribution is -2.52. The molecule has 1 aliphatic rings. The SMILES string of the molecule is CC1C(c2ccc(C(=O)O)cc2C(=O)O)CCN(C)C1(C)C. The largest absolute Gasteiger partial charge is 0.478 e. The van der Waals surface area contributed by atoms with E-state index in [0.29, 0.717) is 0 Å². The molecule has 1 aromatic carbocycles. The Bertz CT molecular complexity index is 609. The van der Waals surface area contributed by atoms with Crippen LogP contribution in [0.5, 0.6) is 0 Å². The van der Waals surface area contributed by atoms with Gasteiger partial charge in [-0.05, 0) is 63.4 Å². The summed E-state index contributed by atoms with van der Waals surface area (Å²) in [5.74, 6) is -1.80. The van der Waals surface area contributed by atoms with Crippen LogP contribution >= 0.6 is 0 Å². The highest BCUT2D eigenvalue weighted by atomic mass is 16.4. The molecule has 0 saturated carbocycles. The molecule has 0 radical (unpaired) electrons. The van der Waals surface area contributed by atoms with Crippen molar-refractivity contribution in [3.63, 3.8) is 0 Å². The number of hydrogen-bond donors (Lipinski definition) is 2. The highest BCUT2D eigenvalue weighted by Gasteiger charge is 2.41. The predicted molar refractivity (Wildman–Crippen MR) is 83.6 cm³/mol. The molecule has 1 aromatic rings. The summed E-state index contributed by atoms with van der Waals surface area (Å²) in [5, 5.41) is 18.5. The smallest absolute Gasteiger partial charge is 0.335 e. The van der Waals surface area contributed by atoms with E-state index in [-0.39, 0.29) is 28.5 Å². The van der Waals surface area contributed by atoms with Gasteiger partial charge in [-0.1, -0.05) is 13.0 Å². The lowest BCUT2D eigenvalue weighted by atomic mass is 9.70. The Morgan fingerprint density at radius 3 is 2.41 bits per heavy atom. The van der Waals surface area contributed by atoms with E-state index >= 15 is 0 Å². The zero-order valence-electron chi connectivity index (χ0n) is 13.5. The third kappa shape index (κ3) is 2.73. The Kier molecular flexibility index (Phi) is 4.29. The lowest BCUT2D eigenvalue weighted by molar-refractivity contribution is 0.0378. The van der Waals surface area contributed by atoms with Gasteiger partial charge in [0, 0.05) is 5.54 Å². The highest BCUT2D eigenvalue weighted by molar-refractivity contribution is 5.95. The van der Waals surface area contributed by atoms with Crippen LogP contribution in [0.25, 0.3) is 0 Å². The quantitative estimate of drug-likeness (QED) is 0.897. The normalized spacial score (nSPS) is 24.9. The van der Waals surface area contributed by atoms with E-state index in [9.17, 15) is 14.7 Å². The van der Waals surface area contributed by atoms with Crippen LogP contribution in [0.1, 0.15) is 59.4 Å². The minimum Gasteiger partial charge on any atom is -0.478 e. The van der Waals surface area contributed by atoms with Gasteiger partial charge < -0.3 is 15.1 Å². The van der Waals surface area contributed by atoms with Gasteiger partial charge in [0.05, 0.1) is 11.1 Å². The Morgan fingerprint density at radius 1 is 1.23 bits per heavy atom. The zero-order chi connectivity index (χ0) is 16.7.